The second-order valence-electron chi connectivity index (χ2n) is 7.67. The van der Waals surface area contributed by atoms with E-state index in [0.717, 1.165) is 38.4 Å². The maximum Gasteiger partial charge on any atom is 0.259 e. The first-order valence-electron chi connectivity index (χ1n) is 10.5. The Morgan fingerprint density at radius 3 is 2.90 bits per heavy atom. The molecule has 7 heteroatoms. The number of hydrogen-bond acceptors (Lipinski definition) is 7. The van der Waals surface area contributed by atoms with Crippen LogP contribution in [0.2, 0.25) is 0 Å². The van der Waals surface area contributed by atoms with Gasteiger partial charge in [0.2, 0.25) is 0 Å². The predicted octanol–water partition coefficient (Wildman–Crippen LogP) is 2.81. The quantitative estimate of drug-likeness (QED) is 0.708. The summed E-state index contributed by atoms with van der Waals surface area (Å²) in [5.41, 5.74) is 2.40. The van der Waals surface area contributed by atoms with E-state index in [1.54, 1.807) is 7.11 Å². The van der Waals surface area contributed by atoms with Crippen LogP contribution in [0.5, 0.6) is 11.6 Å². The van der Waals surface area contributed by atoms with E-state index in [4.69, 9.17) is 14.2 Å². The number of rotatable bonds is 8. The molecule has 2 fully saturated rings. The molecule has 7 nitrogen and oxygen atoms in total. The molecule has 2 aliphatic heterocycles. The normalized spacial score (nSPS) is 19.8. The second-order valence-corrected chi connectivity index (χ2v) is 7.67. The number of piperidine rings is 1. The molecule has 4 heterocycles. The van der Waals surface area contributed by atoms with E-state index >= 15 is 0 Å². The smallest absolute Gasteiger partial charge is 0.259 e. The molecule has 0 amide bonds. The molecule has 1 atom stereocenters. The first-order valence-corrected chi connectivity index (χ1v) is 10.5. The van der Waals surface area contributed by atoms with Gasteiger partial charge in [0.1, 0.15) is 11.9 Å². The van der Waals surface area contributed by atoms with Crippen molar-refractivity contribution >= 4 is 5.82 Å². The predicted molar refractivity (Wildman–Crippen MR) is 112 cm³/mol. The summed E-state index contributed by atoms with van der Waals surface area (Å²) in [5.74, 6) is 2.61. The molecule has 2 N–H and O–H groups in total. The summed E-state index contributed by atoms with van der Waals surface area (Å²) < 4.78 is 16.8. The monoisotopic (exact) mass is 398 g/mol. The van der Waals surface area contributed by atoms with Gasteiger partial charge in [-0.2, -0.15) is 4.98 Å². The van der Waals surface area contributed by atoms with Gasteiger partial charge in [0.15, 0.2) is 5.75 Å². The lowest BCUT2D eigenvalue weighted by Gasteiger charge is -2.23. The summed E-state index contributed by atoms with van der Waals surface area (Å²) >= 11 is 0. The number of aromatic nitrogens is 2. The summed E-state index contributed by atoms with van der Waals surface area (Å²) in [6, 6.07) is 7.95. The van der Waals surface area contributed by atoms with Gasteiger partial charge in [-0.3, -0.25) is 4.98 Å². The van der Waals surface area contributed by atoms with Crippen molar-refractivity contribution in [2.75, 3.05) is 38.7 Å². The van der Waals surface area contributed by atoms with Crippen molar-refractivity contribution in [2.45, 2.75) is 38.3 Å². The average molecular weight is 399 g/mol. The highest BCUT2D eigenvalue weighted by atomic mass is 16.6. The van der Waals surface area contributed by atoms with Gasteiger partial charge >= 0.3 is 0 Å². The topological polar surface area (TPSA) is 77.5 Å². The van der Waals surface area contributed by atoms with Crippen molar-refractivity contribution in [3.05, 3.63) is 41.7 Å². The zero-order valence-corrected chi connectivity index (χ0v) is 17.0. The Balaban J connectivity index is 1.42. The Morgan fingerprint density at radius 1 is 1.21 bits per heavy atom. The molecule has 4 rings (SSSR count). The minimum atomic E-state index is 0.0292. The van der Waals surface area contributed by atoms with Crippen molar-refractivity contribution in [1.29, 1.82) is 0 Å². The molecular weight excluding hydrogens is 368 g/mol. The molecular formula is C22H30N4O3. The third kappa shape index (κ3) is 5.36. The van der Waals surface area contributed by atoms with Crippen molar-refractivity contribution in [2.24, 2.45) is 5.92 Å². The molecule has 29 heavy (non-hydrogen) atoms. The fraction of sp³-hybridized carbons (Fsp3) is 0.545. The summed E-state index contributed by atoms with van der Waals surface area (Å²) in [6.07, 6.45) is 6.26. The van der Waals surface area contributed by atoms with Crippen LogP contribution in [0.25, 0.3) is 0 Å². The Morgan fingerprint density at radius 2 is 2.10 bits per heavy atom. The molecule has 2 aliphatic rings. The van der Waals surface area contributed by atoms with Gasteiger partial charge in [0, 0.05) is 24.9 Å². The van der Waals surface area contributed by atoms with Crippen LogP contribution in [0.1, 0.15) is 30.5 Å². The van der Waals surface area contributed by atoms with E-state index in [2.05, 4.69) is 26.7 Å². The standard InChI is InChI=1S/C22H30N4O3/c1-27-20-4-5-21(26-22(20)29-18-8-12-28-15-18)25-14-17-3-2-9-24-19(17)13-16-6-10-23-11-7-16/h2-5,9,16,18,23H,6-8,10-15H2,1H3,(H,25,26)/t18-/m1/s1. The van der Waals surface area contributed by atoms with Crippen molar-refractivity contribution in [3.8, 4) is 11.6 Å². The van der Waals surface area contributed by atoms with Crippen LogP contribution < -0.4 is 20.1 Å². The molecule has 2 saturated heterocycles. The average Bonchev–Trinajstić information content (AvgIpc) is 3.27. The fourth-order valence-corrected chi connectivity index (χ4v) is 3.89. The third-order valence-corrected chi connectivity index (χ3v) is 5.60. The highest BCUT2D eigenvalue weighted by molar-refractivity contribution is 5.45. The van der Waals surface area contributed by atoms with Gasteiger partial charge in [-0.1, -0.05) is 6.07 Å². The number of anilines is 1. The Kier molecular flexibility index (Phi) is 6.79. The Labute approximate surface area is 172 Å². The van der Waals surface area contributed by atoms with Gasteiger partial charge in [-0.15, -0.1) is 0 Å². The van der Waals surface area contributed by atoms with Crippen LogP contribution in [0, 0.1) is 5.92 Å². The van der Waals surface area contributed by atoms with E-state index in [1.807, 2.05) is 24.4 Å². The van der Waals surface area contributed by atoms with Crippen LogP contribution in [-0.4, -0.2) is 49.5 Å². The zero-order valence-electron chi connectivity index (χ0n) is 17.0. The summed E-state index contributed by atoms with van der Waals surface area (Å²) in [4.78, 5) is 9.28. The molecule has 0 bridgehead atoms. The number of ether oxygens (including phenoxy) is 3. The maximum absolute atomic E-state index is 5.99. The van der Waals surface area contributed by atoms with Crippen LogP contribution in [0.15, 0.2) is 30.5 Å². The summed E-state index contributed by atoms with van der Waals surface area (Å²) in [6.45, 7) is 4.22. The lowest BCUT2D eigenvalue weighted by molar-refractivity contribution is 0.135. The fourth-order valence-electron chi connectivity index (χ4n) is 3.89. The molecule has 0 spiro atoms. The van der Waals surface area contributed by atoms with E-state index in [1.165, 1.54) is 24.1 Å². The van der Waals surface area contributed by atoms with Gasteiger partial charge in [0.05, 0.1) is 20.3 Å². The van der Waals surface area contributed by atoms with Crippen LogP contribution in [0.4, 0.5) is 5.82 Å². The number of nitrogens with zero attached hydrogens (tertiary/aromatic N) is 2. The second kappa shape index (κ2) is 9.89. The number of pyridine rings is 2. The Bertz CT molecular complexity index is 789. The van der Waals surface area contributed by atoms with Crippen molar-refractivity contribution < 1.29 is 14.2 Å². The van der Waals surface area contributed by atoms with Gasteiger partial charge in [0.25, 0.3) is 5.88 Å². The van der Waals surface area contributed by atoms with Crippen LogP contribution >= 0.6 is 0 Å². The lowest BCUT2D eigenvalue weighted by atomic mass is 9.91. The molecule has 0 unspecified atom stereocenters. The summed E-state index contributed by atoms with van der Waals surface area (Å²) in [7, 11) is 1.63. The number of hydrogen-bond donors (Lipinski definition) is 2. The highest BCUT2D eigenvalue weighted by Crippen LogP contribution is 2.29. The minimum Gasteiger partial charge on any atom is -0.491 e. The SMILES string of the molecule is COc1ccc(NCc2cccnc2CC2CCNCC2)nc1O[C@@H]1CCOC1. The first-order chi connectivity index (χ1) is 14.3. The van der Waals surface area contributed by atoms with Crippen molar-refractivity contribution in [3.63, 3.8) is 0 Å². The number of nitrogens with one attached hydrogen (secondary N) is 2. The third-order valence-electron chi connectivity index (χ3n) is 5.60. The lowest BCUT2D eigenvalue weighted by Crippen LogP contribution is -2.29. The molecule has 0 radical (unpaired) electrons. The van der Waals surface area contributed by atoms with E-state index in [-0.39, 0.29) is 6.10 Å². The van der Waals surface area contributed by atoms with E-state index in [9.17, 15) is 0 Å². The molecule has 0 aliphatic carbocycles. The maximum atomic E-state index is 5.99. The summed E-state index contributed by atoms with van der Waals surface area (Å²) in [5, 5.41) is 6.86. The Hall–Kier alpha value is -2.38. The minimum absolute atomic E-state index is 0.0292. The molecule has 0 saturated carbocycles. The zero-order chi connectivity index (χ0) is 19.9. The molecule has 2 aromatic rings. The van der Waals surface area contributed by atoms with Crippen molar-refractivity contribution in [1.82, 2.24) is 15.3 Å². The first kappa shape index (κ1) is 19.9. The van der Waals surface area contributed by atoms with E-state index in [0.29, 0.717) is 30.7 Å². The van der Waals surface area contributed by atoms with Crippen LogP contribution in [-0.2, 0) is 17.7 Å². The van der Waals surface area contributed by atoms with Gasteiger partial charge < -0.3 is 24.8 Å². The van der Waals surface area contributed by atoms with Crippen LogP contribution in [0.3, 0.4) is 0 Å². The molecule has 0 aromatic carbocycles. The largest absolute Gasteiger partial charge is 0.491 e. The van der Waals surface area contributed by atoms with Gasteiger partial charge in [-0.05, 0) is 62.0 Å². The highest BCUT2D eigenvalue weighted by Gasteiger charge is 2.20. The van der Waals surface area contributed by atoms with Gasteiger partial charge in [-0.25, -0.2) is 0 Å². The number of methoxy groups -OCH3 is 1. The van der Waals surface area contributed by atoms with E-state index < -0.39 is 0 Å². The molecule has 156 valence electrons. The molecule has 2 aromatic heterocycles.